The second kappa shape index (κ2) is 7.12. The number of nitrogens with zero attached hydrogens (tertiary/aromatic N) is 2. The number of hydrogen-bond donors (Lipinski definition) is 1. The molecule has 0 fully saturated rings. The molecule has 0 bridgehead atoms. The lowest BCUT2D eigenvalue weighted by molar-refractivity contribution is 0.174. The molecule has 0 aliphatic rings. The van der Waals surface area contributed by atoms with Crippen LogP contribution in [-0.4, -0.2) is 43.0 Å². The zero-order valence-electron chi connectivity index (χ0n) is 11.8. The van der Waals surface area contributed by atoms with Crippen molar-refractivity contribution in [3.8, 4) is 0 Å². The van der Waals surface area contributed by atoms with Gasteiger partial charge in [0.1, 0.15) is 0 Å². The molecule has 1 aromatic carbocycles. The number of likely N-dealkylation sites (N-methyl/N-ethyl adjacent to an activating group) is 2. The van der Waals surface area contributed by atoms with Crippen molar-refractivity contribution in [2.45, 2.75) is 26.4 Å². The fourth-order valence-corrected chi connectivity index (χ4v) is 2.68. The lowest BCUT2D eigenvalue weighted by Crippen LogP contribution is -2.39. The van der Waals surface area contributed by atoms with Crippen LogP contribution < -0.4 is 5.73 Å². The smallest absolute Gasteiger partial charge is 0.0371 e. The van der Waals surface area contributed by atoms with E-state index in [4.69, 9.17) is 5.73 Å². The molecular formula is C14H24BrN3. The normalized spacial score (nSPS) is 13.3. The van der Waals surface area contributed by atoms with Gasteiger partial charge in [-0.3, -0.25) is 4.90 Å². The van der Waals surface area contributed by atoms with Gasteiger partial charge in [-0.25, -0.2) is 0 Å². The summed E-state index contributed by atoms with van der Waals surface area (Å²) in [4.78, 5) is 4.66. The Balaban J connectivity index is 2.79. The molecule has 1 atom stereocenters. The fourth-order valence-electron chi connectivity index (χ4n) is 2.17. The molecule has 0 saturated carbocycles. The zero-order chi connectivity index (χ0) is 13.7. The van der Waals surface area contributed by atoms with E-state index in [2.05, 4.69) is 59.7 Å². The first-order chi connectivity index (χ1) is 8.45. The van der Waals surface area contributed by atoms with Gasteiger partial charge in [0.15, 0.2) is 0 Å². The largest absolute Gasteiger partial charge is 0.398 e. The lowest BCUT2D eigenvalue weighted by Gasteiger charge is -2.30. The predicted octanol–water partition coefficient (Wildman–Crippen LogP) is 2.80. The molecule has 0 aliphatic heterocycles. The van der Waals surface area contributed by atoms with Gasteiger partial charge >= 0.3 is 0 Å². The van der Waals surface area contributed by atoms with Gasteiger partial charge in [0.25, 0.3) is 0 Å². The van der Waals surface area contributed by atoms with Crippen LogP contribution in [-0.2, 0) is 6.54 Å². The molecule has 18 heavy (non-hydrogen) atoms. The topological polar surface area (TPSA) is 32.5 Å². The van der Waals surface area contributed by atoms with Crippen molar-refractivity contribution in [2.75, 3.05) is 32.9 Å². The second-order valence-corrected chi connectivity index (χ2v) is 5.84. The third kappa shape index (κ3) is 4.26. The van der Waals surface area contributed by atoms with Crippen LogP contribution >= 0.6 is 15.9 Å². The van der Waals surface area contributed by atoms with E-state index >= 15 is 0 Å². The van der Waals surface area contributed by atoms with Crippen LogP contribution in [0.2, 0.25) is 0 Å². The first-order valence-corrected chi connectivity index (χ1v) is 7.16. The van der Waals surface area contributed by atoms with E-state index in [1.54, 1.807) is 0 Å². The quantitative estimate of drug-likeness (QED) is 0.820. The summed E-state index contributed by atoms with van der Waals surface area (Å²) in [6, 6.07) is 6.50. The monoisotopic (exact) mass is 313 g/mol. The van der Waals surface area contributed by atoms with E-state index in [9.17, 15) is 0 Å². The molecule has 1 rings (SSSR count). The van der Waals surface area contributed by atoms with Crippen LogP contribution in [0.4, 0.5) is 5.69 Å². The molecule has 0 heterocycles. The Morgan fingerprint density at radius 1 is 1.33 bits per heavy atom. The van der Waals surface area contributed by atoms with Crippen molar-refractivity contribution < 1.29 is 0 Å². The van der Waals surface area contributed by atoms with Gasteiger partial charge in [0.05, 0.1) is 0 Å². The Kier molecular flexibility index (Phi) is 6.12. The van der Waals surface area contributed by atoms with E-state index in [1.165, 1.54) is 5.56 Å². The minimum Gasteiger partial charge on any atom is -0.398 e. The average molecular weight is 314 g/mol. The summed E-state index contributed by atoms with van der Waals surface area (Å²) in [5.41, 5.74) is 8.10. The van der Waals surface area contributed by atoms with E-state index < -0.39 is 0 Å². The third-order valence-corrected chi connectivity index (χ3v) is 3.92. The summed E-state index contributed by atoms with van der Waals surface area (Å²) in [7, 11) is 4.22. The van der Waals surface area contributed by atoms with E-state index in [1.807, 2.05) is 12.1 Å². The fraction of sp³-hybridized carbons (Fsp3) is 0.571. The molecule has 1 aromatic rings. The first kappa shape index (κ1) is 15.5. The van der Waals surface area contributed by atoms with Gasteiger partial charge in [-0.2, -0.15) is 0 Å². The van der Waals surface area contributed by atoms with Crippen LogP contribution in [0.15, 0.2) is 22.7 Å². The Labute approximate surface area is 119 Å². The van der Waals surface area contributed by atoms with E-state index in [-0.39, 0.29) is 0 Å². The first-order valence-electron chi connectivity index (χ1n) is 6.37. The summed E-state index contributed by atoms with van der Waals surface area (Å²) >= 11 is 3.59. The van der Waals surface area contributed by atoms with Crippen molar-refractivity contribution in [3.63, 3.8) is 0 Å². The van der Waals surface area contributed by atoms with Crippen LogP contribution in [0.25, 0.3) is 0 Å². The van der Waals surface area contributed by atoms with Crippen molar-refractivity contribution in [1.82, 2.24) is 9.80 Å². The predicted molar refractivity (Wildman–Crippen MR) is 82.7 cm³/mol. The summed E-state index contributed by atoms with van der Waals surface area (Å²) in [6.45, 7) is 7.42. The van der Waals surface area contributed by atoms with Gasteiger partial charge in [-0.1, -0.05) is 28.9 Å². The van der Waals surface area contributed by atoms with Crippen molar-refractivity contribution in [2.24, 2.45) is 0 Å². The number of hydrogen-bond acceptors (Lipinski definition) is 3. The van der Waals surface area contributed by atoms with Gasteiger partial charge in [-0.15, -0.1) is 0 Å². The third-order valence-electron chi connectivity index (χ3n) is 3.18. The van der Waals surface area contributed by atoms with Crippen molar-refractivity contribution >= 4 is 21.6 Å². The number of benzene rings is 1. The minimum atomic E-state index is 0.511. The molecule has 0 amide bonds. The number of halogens is 1. The summed E-state index contributed by atoms with van der Waals surface area (Å²) in [5, 5.41) is 0. The molecule has 0 radical (unpaired) electrons. The maximum atomic E-state index is 6.06. The summed E-state index contributed by atoms with van der Waals surface area (Å²) in [5.74, 6) is 0. The molecule has 3 nitrogen and oxygen atoms in total. The molecule has 2 N–H and O–H groups in total. The maximum absolute atomic E-state index is 6.06. The molecule has 1 unspecified atom stereocenters. The number of anilines is 1. The average Bonchev–Trinajstić information content (AvgIpc) is 2.27. The van der Waals surface area contributed by atoms with Crippen LogP contribution in [0.3, 0.4) is 0 Å². The number of nitrogens with two attached hydrogens (primary N) is 1. The Morgan fingerprint density at radius 2 is 2.00 bits per heavy atom. The molecule has 4 heteroatoms. The Hall–Kier alpha value is -0.580. The van der Waals surface area contributed by atoms with Crippen molar-refractivity contribution in [3.05, 3.63) is 28.2 Å². The van der Waals surface area contributed by atoms with Crippen LogP contribution in [0.5, 0.6) is 0 Å². The number of rotatable bonds is 6. The van der Waals surface area contributed by atoms with Crippen molar-refractivity contribution in [1.29, 1.82) is 0 Å². The molecule has 0 aromatic heterocycles. The SMILES string of the molecule is CCN(Cc1c(N)cccc1Br)C(C)CN(C)C. The highest BCUT2D eigenvalue weighted by atomic mass is 79.9. The van der Waals surface area contributed by atoms with Gasteiger partial charge < -0.3 is 10.6 Å². The van der Waals surface area contributed by atoms with Crippen LogP contribution in [0, 0.1) is 0 Å². The highest BCUT2D eigenvalue weighted by Gasteiger charge is 2.15. The molecular weight excluding hydrogens is 290 g/mol. The molecule has 102 valence electrons. The van der Waals surface area contributed by atoms with Crippen LogP contribution in [0.1, 0.15) is 19.4 Å². The highest BCUT2D eigenvalue weighted by molar-refractivity contribution is 9.10. The second-order valence-electron chi connectivity index (χ2n) is 4.98. The Morgan fingerprint density at radius 3 is 2.50 bits per heavy atom. The zero-order valence-corrected chi connectivity index (χ0v) is 13.4. The molecule has 0 spiro atoms. The van der Waals surface area contributed by atoms with Gasteiger partial charge in [0.2, 0.25) is 0 Å². The highest BCUT2D eigenvalue weighted by Crippen LogP contribution is 2.24. The van der Waals surface area contributed by atoms with E-state index in [0.717, 1.165) is 29.8 Å². The standard InChI is InChI=1S/C14H24BrN3/c1-5-18(11(2)9-17(3)4)10-12-13(15)7-6-8-14(12)16/h6-8,11H,5,9-10,16H2,1-4H3. The molecule has 0 saturated heterocycles. The van der Waals surface area contributed by atoms with E-state index in [0.29, 0.717) is 6.04 Å². The summed E-state index contributed by atoms with van der Waals surface area (Å²) in [6.07, 6.45) is 0. The van der Waals surface area contributed by atoms with Gasteiger partial charge in [-0.05, 0) is 39.7 Å². The minimum absolute atomic E-state index is 0.511. The number of nitrogen functional groups attached to an aromatic ring is 1. The van der Waals surface area contributed by atoms with Gasteiger partial charge in [0, 0.05) is 34.9 Å². The molecule has 0 aliphatic carbocycles. The Bertz CT molecular complexity index is 359. The summed E-state index contributed by atoms with van der Waals surface area (Å²) < 4.78 is 1.10. The maximum Gasteiger partial charge on any atom is 0.0371 e. The lowest BCUT2D eigenvalue weighted by atomic mass is 10.1.